The quantitative estimate of drug-likeness (QED) is 0.488. The number of hydrogen-bond acceptors (Lipinski definition) is 5. The van der Waals surface area contributed by atoms with Crippen molar-refractivity contribution >= 4 is 17.6 Å². The maximum Gasteiger partial charge on any atom is 0.338 e. The van der Waals surface area contributed by atoms with Crippen molar-refractivity contribution in [2.75, 3.05) is 18.5 Å². The lowest BCUT2D eigenvalue weighted by Crippen LogP contribution is -2.36. The van der Waals surface area contributed by atoms with Crippen molar-refractivity contribution < 1.29 is 19.1 Å². The lowest BCUT2D eigenvalue weighted by atomic mass is 10.2. The van der Waals surface area contributed by atoms with Gasteiger partial charge in [-0.15, -0.1) is 0 Å². The van der Waals surface area contributed by atoms with E-state index in [1.165, 1.54) is 18.3 Å². The summed E-state index contributed by atoms with van der Waals surface area (Å²) in [5, 5.41) is 17.5. The van der Waals surface area contributed by atoms with E-state index in [-0.39, 0.29) is 11.7 Å². The minimum atomic E-state index is -0.545. The number of hydrogen-bond donors (Lipinski definition) is 2. The van der Waals surface area contributed by atoms with Gasteiger partial charge in [0.25, 0.3) is 5.69 Å². The predicted octanol–water partition coefficient (Wildman–Crippen LogP) is 1.48. The molecule has 0 spiro atoms. The van der Waals surface area contributed by atoms with E-state index in [2.05, 4.69) is 10.6 Å². The van der Waals surface area contributed by atoms with E-state index in [1.54, 1.807) is 30.3 Å². The fourth-order valence-corrected chi connectivity index (χ4v) is 2.68. The van der Waals surface area contributed by atoms with Crippen LogP contribution in [-0.2, 0) is 4.74 Å². The first-order valence-electron chi connectivity index (χ1n) is 8.13. The Labute approximate surface area is 145 Å². The van der Waals surface area contributed by atoms with Gasteiger partial charge >= 0.3 is 11.9 Å². The fourth-order valence-electron chi connectivity index (χ4n) is 2.68. The Morgan fingerprint density at radius 3 is 2.92 bits per heavy atom. The summed E-state index contributed by atoms with van der Waals surface area (Å²) in [6, 6.07) is 11.2. The zero-order valence-electron chi connectivity index (χ0n) is 13.6. The van der Waals surface area contributed by atoms with Crippen molar-refractivity contribution in [1.82, 2.24) is 5.32 Å². The molecule has 1 aliphatic rings. The Morgan fingerprint density at radius 1 is 1.28 bits per heavy atom. The van der Waals surface area contributed by atoms with E-state index in [4.69, 9.17) is 4.74 Å². The molecule has 0 saturated carbocycles. The zero-order valence-corrected chi connectivity index (χ0v) is 13.6. The summed E-state index contributed by atoms with van der Waals surface area (Å²) < 4.78 is 5.80. The number of rotatable bonds is 5. The molecule has 0 bridgehead atoms. The smallest absolute Gasteiger partial charge is 0.338 e. The van der Waals surface area contributed by atoms with Crippen LogP contribution in [0.5, 0.6) is 0 Å². The summed E-state index contributed by atoms with van der Waals surface area (Å²) >= 11 is 0. The molecule has 0 aliphatic carbocycles. The Morgan fingerprint density at radius 2 is 2.16 bits per heavy atom. The number of aromatic nitrogens is 1. The van der Waals surface area contributed by atoms with Gasteiger partial charge in [-0.3, -0.25) is 4.79 Å². The number of carbonyl (C=O) groups excluding carboxylic acids is 2. The molecule has 1 unspecified atom stereocenters. The molecule has 1 amide bonds. The molecule has 1 aliphatic heterocycles. The van der Waals surface area contributed by atoms with E-state index < -0.39 is 11.9 Å². The van der Waals surface area contributed by atoms with Crippen LogP contribution in [0.4, 0.5) is 5.69 Å². The number of ether oxygens (including phenoxy) is 1. The van der Waals surface area contributed by atoms with Gasteiger partial charge in [-0.2, -0.15) is 4.73 Å². The second-order valence-electron chi connectivity index (χ2n) is 5.84. The third kappa shape index (κ3) is 4.33. The molecule has 0 radical (unpaired) electrons. The van der Waals surface area contributed by atoms with Crippen molar-refractivity contribution in [3.05, 3.63) is 65.1 Å². The van der Waals surface area contributed by atoms with Gasteiger partial charge in [-0.1, -0.05) is 6.07 Å². The Bertz CT molecular complexity index is 772. The number of benzene rings is 1. The van der Waals surface area contributed by atoms with Crippen LogP contribution in [0.1, 0.15) is 33.7 Å². The third-order valence-corrected chi connectivity index (χ3v) is 3.99. The summed E-state index contributed by atoms with van der Waals surface area (Å²) in [5.74, 6) is -0.986. The number of nitrogens with zero attached hydrogens (tertiary/aromatic N) is 1. The van der Waals surface area contributed by atoms with Crippen molar-refractivity contribution in [3.63, 3.8) is 0 Å². The molecule has 2 heterocycles. The average Bonchev–Trinajstić information content (AvgIpc) is 3.14. The summed E-state index contributed by atoms with van der Waals surface area (Å²) in [6.07, 6.45) is 3.33. The van der Waals surface area contributed by atoms with Crippen LogP contribution in [0.15, 0.2) is 48.7 Å². The van der Waals surface area contributed by atoms with Gasteiger partial charge < -0.3 is 20.6 Å². The maximum absolute atomic E-state index is 12.2. The van der Waals surface area contributed by atoms with Gasteiger partial charge in [-0.05, 0) is 43.7 Å². The molecule has 2 aromatic rings. The van der Waals surface area contributed by atoms with Crippen LogP contribution in [0.25, 0.3) is 0 Å². The van der Waals surface area contributed by atoms with E-state index in [0.29, 0.717) is 22.6 Å². The second kappa shape index (κ2) is 7.76. The van der Waals surface area contributed by atoms with Crippen molar-refractivity contribution in [3.8, 4) is 0 Å². The third-order valence-electron chi connectivity index (χ3n) is 3.99. The average molecular weight is 341 g/mol. The number of esters is 1. The number of nitrogens with one attached hydrogen (secondary N) is 2. The highest BCUT2D eigenvalue weighted by Crippen LogP contribution is 2.13. The highest BCUT2D eigenvalue weighted by molar-refractivity contribution is 6.02. The normalized spacial score (nSPS) is 16.4. The molecular formula is C18H19N3O4. The largest absolute Gasteiger partial charge is 0.618 e. The van der Waals surface area contributed by atoms with Gasteiger partial charge in [0.05, 0.1) is 5.56 Å². The van der Waals surface area contributed by atoms with Gasteiger partial charge in [0.2, 0.25) is 0 Å². The van der Waals surface area contributed by atoms with Crippen LogP contribution in [0.2, 0.25) is 0 Å². The SMILES string of the molecule is O=C(OCC1CCCN1)c1cccc(NC(=O)c2cccc[n+]2[O-])c1. The van der Waals surface area contributed by atoms with Crippen molar-refractivity contribution in [2.24, 2.45) is 0 Å². The molecule has 1 aromatic heterocycles. The van der Waals surface area contributed by atoms with Crippen molar-refractivity contribution in [2.45, 2.75) is 18.9 Å². The molecule has 130 valence electrons. The first-order valence-corrected chi connectivity index (χ1v) is 8.13. The number of amides is 1. The Hall–Kier alpha value is -2.93. The molecule has 7 heteroatoms. The van der Waals surface area contributed by atoms with E-state index in [0.717, 1.165) is 19.4 Å². The van der Waals surface area contributed by atoms with E-state index in [9.17, 15) is 14.8 Å². The molecule has 1 atom stereocenters. The first kappa shape index (κ1) is 16.9. The number of anilines is 1. The minimum Gasteiger partial charge on any atom is -0.618 e. The highest BCUT2D eigenvalue weighted by atomic mass is 16.5. The van der Waals surface area contributed by atoms with E-state index in [1.807, 2.05) is 0 Å². The Balaban J connectivity index is 1.63. The van der Waals surface area contributed by atoms with Crippen LogP contribution in [0, 0.1) is 5.21 Å². The predicted molar refractivity (Wildman–Crippen MR) is 91.1 cm³/mol. The number of carbonyl (C=O) groups is 2. The van der Waals surface area contributed by atoms with Gasteiger partial charge in [0.1, 0.15) is 6.61 Å². The van der Waals surface area contributed by atoms with Crippen LogP contribution in [-0.4, -0.2) is 31.1 Å². The van der Waals surface area contributed by atoms with Gasteiger partial charge in [0, 0.05) is 23.9 Å². The lowest BCUT2D eigenvalue weighted by molar-refractivity contribution is -0.607. The van der Waals surface area contributed by atoms with Crippen LogP contribution >= 0.6 is 0 Å². The maximum atomic E-state index is 12.2. The molecule has 25 heavy (non-hydrogen) atoms. The van der Waals surface area contributed by atoms with Gasteiger partial charge in [-0.25, -0.2) is 4.79 Å². The van der Waals surface area contributed by atoms with Crippen LogP contribution < -0.4 is 15.4 Å². The second-order valence-corrected chi connectivity index (χ2v) is 5.84. The van der Waals surface area contributed by atoms with Crippen molar-refractivity contribution in [1.29, 1.82) is 0 Å². The summed E-state index contributed by atoms with van der Waals surface area (Å²) in [7, 11) is 0. The fraction of sp³-hybridized carbons (Fsp3) is 0.278. The summed E-state index contributed by atoms with van der Waals surface area (Å²) in [4.78, 5) is 24.3. The lowest BCUT2D eigenvalue weighted by Gasteiger charge is -2.11. The number of pyridine rings is 1. The molecule has 1 aromatic carbocycles. The van der Waals surface area contributed by atoms with Gasteiger partial charge in [0.15, 0.2) is 6.20 Å². The molecule has 1 saturated heterocycles. The minimum absolute atomic E-state index is 0.0252. The molecule has 7 nitrogen and oxygen atoms in total. The zero-order chi connectivity index (χ0) is 17.6. The Kier molecular flexibility index (Phi) is 5.25. The first-order chi connectivity index (χ1) is 12.1. The van der Waals surface area contributed by atoms with E-state index >= 15 is 0 Å². The standard InChI is InChI=1S/C18H19N3O4/c22-17(16-8-1-2-10-21(16)24)20-14-6-3-5-13(11-14)18(23)25-12-15-7-4-9-19-15/h1-3,5-6,8,10-11,15,19H,4,7,9,12H2,(H,20,22). The topological polar surface area (TPSA) is 94.4 Å². The monoisotopic (exact) mass is 341 g/mol. The molecule has 1 fully saturated rings. The summed E-state index contributed by atoms with van der Waals surface area (Å²) in [5.41, 5.74) is 0.740. The van der Waals surface area contributed by atoms with Crippen LogP contribution in [0.3, 0.4) is 0 Å². The summed E-state index contributed by atoms with van der Waals surface area (Å²) in [6.45, 7) is 1.28. The molecule has 2 N–H and O–H groups in total. The molecular weight excluding hydrogens is 322 g/mol. The molecule has 3 rings (SSSR count). The highest BCUT2D eigenvalue weighted by Gasteiger charge is 2.18.